The van der Waals surface area contributed by atoms with Gasteiger partial charge in [-0.3, -0.25) is 0 Å². The molecule has 0 aliphatic rings. The van der Waals surface area contributed by atoms with Crippen molar-refractivity contribution in [1.82, 2.24) is 0 Å². The quantitative estimate of drug-likeness (QED) is 0.632. The van der Waals surface area contributed by atoms with Crippen LogP contribution in [0.5, 0.6) is 17.2 Å². The van der Waals surface area contributed by atoms with Crippen LogP contribution >= 0.6 is 0 Å². The fourth-order valence-corrected chi connectivity index (χ4v) is 2.09. The number of benzene rings is 2. The van der Waals surface area contributed by atoms with Crippen LogP contribution < -0.4 is 14.2 Å². The lowest BCUT2D eigenvalue weighted by Gasteiger charge is -2.10. The molecule has 2 aromatic rings. The monoisotopic (exact) mass is 300 g/mol. The van der Waals surface area contributed by atoms with E-state index in [0.717, 1.165) is 36.7 Å². The van der Waals surface area contributed by atoms with Crippen molar-refractivity contribution >= 4 is 0 Å². The Morgan fingerprint density at radius 1 is 0.727 bits per heavy atom. The third-order valence-corrected chi connectivity index (χ3v) is 3.29. The highest BCUT2D eigenvalue weighted by molar-refractivity contribution is 5.32. The van der Waals surface area contributed by atoms with Gasteiger partial charge in [-0.25, -0.2) is 0 Å². The van der Waals surface area contributed by atoms with E-state index in [1.54, 1.807) is 0 Å². The van der Waals surface area contributed by atoms with Gasteiger partial charge in [-0.2, -0.15) is 0 Å². The molecule has 3 heteroatoms. The number of aryl methyl sites for hydroxylation is 1. The summed E-state index contributed by atoms with van der Waals surface area (Å²) in [7, 11) is 0. The molecule has 0 saturated heterocycles. The second-order valence-corrected chi connectivity index (χ2v) is 5.07. The average molecular weight is 300 g/mol. The molecule has 2 aromatic carbocycles. The number of para-hydroxylation sites is 1. The van der Waals surface area contributed by atoms with E-state index >= 15 is 0 Å². The summed E-state index contributed by atoms with van der Waals surface area (Å²) in [5.41, 5.74) is 1.17. The minimum Gasteiger partial charge on any atom is -0.494 e. The Morgan fingerprint density at radius 2 is 1.32 bits per heavy atom. The number of rotatable bonds is 9. The predicted molar refractivity (Wildman–Crippen MR) is 89.0 cm³/mol. The Hall–Kier alpha value is -2.16. The summed E-state index contributed by atoms with van der Waals surface area (Å²) in [6.07, 6.45) is 1.95. The Labute approximate surface area is 132 Å². The van der Waals surface area contributed by atoms with Gasteiger partial charge < -0.3 is 14.2 Å². The zero-order valence-corrected chi connectivity index (χ0v) is 13.4. The summed E-state index contributed by atoms with van der Waals surface area (Å²) >= 11 is 0. The Morgan fingerprint density at radius 3 is 1.95 bits per heavy atom. The van der Waals surface area contributed by atoms with E-state index in [0.29, 0.717) is 13.2 Å². The molecule has 0 N–H and O–H groups in total. The highest BCUT2D eigenvalue weighted by Gasteiger charge is 1.98. The zero-order chi connectivity index (χ0) is 15.6. The molecule has 0 fully saturated rings. The number of ether oxygens (including phenoxy) is 3. The lowest BCUT2D eigenvalue weighted by Crippen LogP contribution is -2.03. The maximum atomic E-state index is 5.76. The molecule has 0 spiro atoms. The van der Waals surface area contributed by atoms with Crippen molar-refractivity contribution < 1.29 is 14.2 Å². The van der Waals surface area contributed by atoms with Crippen LogP contribution in [0.2, 0.25) is 0 Å². The van der Waals surface area contributed by atoms with Crippen molar-refractivity contribution in [1.29, 1.82) is 0 Å². The molecule has 0 bridgehead atoms. The van der Waals surface area contributed by atoms with Crippen molar-refractivity contribution in [2.75, 3.05) is 19.8 Å². The van der Waals surface area contributed by atoms with Crippen LogP contribution in [0.1, 0.15) is 25.3 Å². The van der Waals surface area contributed by atoms with Gasteiger partial charge in [-0.1, -0.05) is 18.2 Å². The molecule has 0 unspecified atom stereocenters. The lowest BCUT2D eigenvalue weighted by molar-refractivity contribution is 0.265. The van der Waals surface area contributed by atoms with Crippen LogP contribution in [0.4, 0.5) is 0 Å². The molecule has 0 saturated carbocycles. The highest BCUT2D eigenvalue weighted by Crippen LogP contribution is 2.18. The van der Waals surface area contributed by atoms with Crippen molar-refractivity contribution in [3.8, 4) is 17.2 Å². The van der Waals surface area contributed by atoms with Crippen LogP contribution in [-0.2, 0) is 0 Å². The largest absolute Gasteiger partial charge is 0.494 e. The topological polar surface area (TPSA) is 27.7 Å². The van der Waals surface area contributed by atoms with Gasteiger partial charge in [0.1, 0.15) is 17.2 Å². The minimum atomic E-state index is 0.682. The van der Waals surface area contributed by atoms with Gasteiger partial charge in [0.05, 0.1) is 19.8 Å². The first-order valence-electron chi connectivity index (χ1n) is 7.83. The Balaban J connectivity index is 1.60. The number of hydrogen-bond acceptors (Lipinski definition) is 3. The molecule has 0 aliphatic heterocycles. The van der Waals surface area contributed by atoms with Crippen LogP contribution in [0, 0.1) is 6.92 Å². The molecule has 3 nitrogen and oxygen atoms in total. The Bertz CT molecular complexity index is 549. The molecule has 0 amide bonds. The highest BCUT2D eigenvalue weighted by atomic mass is 16.5. The SMILES string of the molecule is CCOc1ccc(OCCCCOc2ccccc2C)cc1. The van der Waals surface area contributed by atoms with Gasteiger partial charge >= 0.3 is 0 Å². The van der Waals surface area contributed by atoms with Crippen molar-refractivity contribution in [2.24, 2.45) is 0 Å². The molecule has 0 atom stereocenters. The van der Waals surface area contributed by atoms with Crippen molar-refractivity contribution in [3.05, 3.63) is 54.1 Å². The molecular formula is C19H24O3. The molecule has 0 aromatic heterocycles. The van der Waals surface area contributed by atoms with Gasteiger partial charge in [0.25, 0.3) is 0 Å². The van der Waals surface area contributed by atoms with Crippen molar-refractivity contribution in [3.63, 3.8) is 0 Å². The first kappa shape index (κ1) is 16.2. The van der Waals surface area contributed by atoms with Gasteiger partial charge in [0, 0.05) is 0 Å². The molecule has 0 radical (unpaired) electrons. The van der Waals surface area contributed by atoms with E-state index in [9.17, 15) is 0 Å². The third-order valence-electron chi connectivity index (χ3n) is 3.29. The summed E-state index contributed by atoms with van der Waals surface area (Å²) in [5.74, 6) is 2.72. The number of unbranched alkanes of at least 4 members (excludes halogenated alkanes) is 1. The van der Waals surface area contributed by atoms with Crippen LogP contribution in [0.25, 0.3) is 0 Å². The Kier molecular flexibility index (Phi) is 6.62. The molecule has 0 aliphatic carbocycles. The van der Waals surface area contributed by atoms with E-state index in [2.05, 4.69) is 13.0 Å². The second-order valence-electron chi connectivity index (χ2n) is 5.07. The summed E-state index contributed by atoms with van der Waals surface area (Å²) in [5, 5.41) is 0. The van der Waals surface area contributed by atoms with Gasteiger partial charge in [-0.15, -0.1) is 0 Å². The molecular weight excluding hydrogens is 276 g/mol. The van der Waals surface area contributed by atoms with Gasteiger partial charge in [-0.05, 0) is 62.6 Å². The lowest BCUT2D eigenvalue weighted by atomic mass is 10.2. The van der Waals surface area contributed by atoms with Gasteiger partial charge in [0.15, 0.2) is 0 Å². The predicted octanol–water partition coefficient (Wildman–Crippen LogP) is 4.63. The van der Waals surface area contributed by atoms with E-state index in [1.165, 1.54) is 5.56 Å². The molecule has 2 rings (SSSR count). The first-order chi connectivity index (χ1) is 10.8. The third kappa shape index (κ3) is 5.32. The summed E-state index contributed by atoms with van der Waals surface area (Å²) in [6.45, 7) is 6.14. The minimum absolute atomic E-state index is 0.682. The maximum absolute atomic E-state index is 5.76. The van der Waals surface area contributed by atoms with E-state index < -0.39 is 0 Å². The maximum Gasteiger partial charge on any atom is 0.122 e. The smallest absolute Gasteiger partial charge is 0.122 e. The van der Waals surface area contributed by atoms with Crippen molar-refractivity contribution in [2.45, 2.75) is 26.7 Å². The van der Waals surface area contributed by atoms with Crippen LogP contribution in [0.3, 0.4) is 0 Å². The summed E-state index contributed by atoms with van der Waals surface area (Å²) < 4.78 is 16.9. The fraction of sp³-hybridized carbons (Fsp3) is 0.368. The standard InChI is InChI=1S/C19H24O3/c1-3-20-17-10-12-18(13-11-17)21-14-6-7-15-22-19-9-5-4-8-16(19)2/h4-5,8-13H,3,6-7,14-15H2,1-2H3. The first-order valence-corrected chi connectivity index (χ1v) is 7.83. The van der Waals surface area contributed by atoms with Crippen LogP contribution in [0.15, 0.2) is 48.5 Å². The van der Waals surface area contributed by atoms with E-state index in [4.69, 9.17) is 14.2 Å². The molecule has 22 heavy (non-hydrogen) atoms. The average Bonchev–Trinajstić information content (AvgIpc) is 2.54. The fourth-order valence-electron chi connectivity index (χ4n) is 2.09. The summed E-state index contributed by atoms with van der Waals surface area (Å²) in [6, 6.07) is 15.8. The second kappa shape index (κ2) is 8.98. The van der Waals surface area contributed by atoms with E-state index in [1.807, 2.05) is 49.4 Å². The normalized spacial score (nSPS) is 10.3. The summed E-state index contributed by atoms with van der Waals surface area (Å²) in [4.78, 5) is 0. The van der Waals surface area contributed by atoms with Crippen LogP contribution in [-0.4, -0.2) is 19.8 Å². The number of hydrogen-bond donors (Lipinski definition) is 0. The van der Waals surface area contributed by atoms with E-state index in [-0.39, 0.29) is 0 Å². The molecule has 118 valence electrons. The van der Waals surface area contributed by atoms with Gasteiger partial charge in [0.2, 0.25) is 0 Å². The zero-order valence-electron chi connectivity index (χ0n) is 13.4. The molecule has 0 heterocycles.